The normalized spacial score (nSPS) is 11.8. The number of hydrogen-bond acceptors (Lipinski definition) is 6. The van der Waals surface area contributed by atoms with Gasteiger partial charge in [0.2, 0.25) is 0 Å². The number of unbranched alkanes of at least 4 members (excludes halogenated alkanes) is 10. The van der Waals surface area contributed by atoms with E-state index in [1.165, 1.54) is 101 Å². The molecule has 8 nitrogen and oxygen atoms in total. The molecular formula is C32H52F6N2O6S2. The van der Waals surface area contributed by atoms with Crippen molar-refractivity contribution in [2.75, 3.05) is 0 Å². The molecule has 0 bridgehead atoms. The standard InChI is InChI=1S/2C15H26N.2CHF3O3S/c2*1-3-5-6-7-8-9-12-16-13-10-11-15(4-2)14-16;2*2-1(3,4)8(5,6)7/h2*10-11,13-14H,3-9,12H2,1-2H3;2*(H,5,6,7)/q2*+1;;/p-2. The third-order valence-corrected chi connectivity index (χ3v) is 7.90. The van der Waals surface area contributed by atoms with Gasteiger partial charge in [-0.15, -0.1) is 0 Å². The maximum atomic E-state index is 10.7. The van der Waals surface area contributed by atoms with E-state index in [1.807, 2.05) is 0 Å². The average Bonchev–Trinajstić information content (AvgIpc) is 3.00. The fraction of sp³-hybridized carbons (Fsp3) is 0.688. The largest absolute Gasteiger partial charge is 0.741 e. The van der Waals surface area contributed by atoms with Crippen LogP contribution in [0.4, 0.5) is 26.3 Å². The summed E-state index contributed by atoms with van der Waals surface area (Å²) in [6.45, 7) is 11.3. The van der Waals surface area contributed by atoms with Crippen molar-refractivity contribution in [1.29, 1.82) is 0 Å². The van der Waals surface area contributed by atoms with E-state index in [1.54, 1.807) is 0 Å². The molecule has 2 aromatic heterocycles. The zero-order chi connectivity index (χ0) is 37.3. The number of aryl methyl sites for hydroxylation is 4. The molecule has 0 aliphatic carbocycles. The molecule has 16 heteroatoms. The van der Waals surface area contributed by atoms with Crippen LogP contribution in [0.3, 0.4) is 0 Å². The molecule has 0 aliphatic heterocycles. The molecule has 0 aliphatic rings. The van der Waals surface area contributed by atoms with E-state index in [4.69, 9.17) is 25.9 Å². The predicted molar refractivity (Wildman–Crippen MR) is 170 cm³/mol. The molecule has 2 aromatic rings. The molecule has 0 saturated carbocycles. The summed E-state index contributed by atoms with van der Waals surface area (Å²) in [5.41, 5.74) is -8.41. The molecule has 48 heavy (non-hydrogen) atoms. The van der Waals surface area contributed by atoms with Gasteiger partial charge in [-0.3, -0.25) is 0 Å². The van der Waals surface area contributed by atoms with Gasteiger partial charge in [0.15, 0.2) is 45.0 Å². The summed E-state index contributed by atoms with van der Waals surface area (Å²) in [6.07, 6.45) is 27.7. The number of nitrogens with zero attached hydrogens (tertiary/aromatic N) is 2. The van der Waals surface area contributed by atoms with Crippen LogP contribution in [0.1, 0.15) is 116 Å². The molecule has 0 atom stereocenters. The van der Waals surface area contributed by atoms with Gasteiger partial charge in [-0.2, -0.15) is 26.3 Å². The van der Waals surface area contributed by atoms with Crippen LogP contribution < -0.4 is 9.13 Å². The fourth-order valence-electron chi connectivity index (χ4n) is 4.00. The molecule has 0 N–H and O–H groups in total. The second kappa shape index (κ2) is 25.6. The Morgan fingerprint density at radius 1 is 0.542 bits per heavy atom. The van der Waals surface area contributed by atoms with Crippen molar-refractivity contribution in [3.05, 3.63) is 60.2 Å². The lowest BCUT2D eigenvalue weighted by Gasteiger charge is -2.08. The molecule has 0 fully saturated rings. The van der Waals surface area contributed by atoms with Crippen LogP contribution >= 0.6 is 0 Å². The van der Waals surface area contributed by atoms with Crippen molar-refractivity contribution in [2.24, 2.45) is 0 Å². The SMILES string of the molecule is CCCCCCCC[n+]1cccc(CC)c1.CCCCCCCC[n+]1cccc(CC)c1.O=S(=O)([O-])C(F)(F)F.O=S(=O)([O-])C(F)(F)F. The van der Waals surface area contributed by atoms with Gasteiger partial charge in [0.25, 0.3) is 0 Å². The molecule has 2 heterocycles. The van der Waals surface area contributed by atoms with E-state index in [0.29, 0.717) is 0 Å². The molecule has 0 amide bonds. The van der Waals surface area contributed by atoms with Crippen molar-refractivity contribution in [2.45, 2.75) is 142 Å². The first-order chi connectivity index (χ1) is 22.2. The number of rotatable bonds is 16. The highest BCUT2D eigenvalue weighted by Gasteiger charge is 2.37. The Morgan fingerprint density at radius 2 is 0.812 bits per heavy atom. The Labute approximate surface area is 283 Å². The smallest absolute Gasteiger partial charge is 0.485 e. The number of halogens is 6. The number of aromatic nitrogens is 2. The molecule has 0 radical (unpaired) electrons. The third-order valence-electron chi connectivity index (χ3n) is 6.76. The topological polar surface area (TPSA) is 122 Å². The highest BCUT2D eigenvalue weighted by atomic mass is 32.2. The maximum Gasteiger partial charge on any atom is 0.485 e. The average molecular weight is 739 g/mol. The van der Waals surface area contributed by atoms with Crippen LogP contribution in [-0.2, 0) is 46.2 Å². The predicted octanol–water partition coefficient (Wildman–Crippen LogP) is 7.90. The van der Waals surface area contributed by atoms with Crippen molar-refractivity contribution in [1.82, 2.24) is 0 Å². The van der Waals surface area contributed by atoms with Crippen LogP contribution in [0.5, 0.6) is 0 Å². The first-order valence-electron chi connectivity index (χ1n) is 16.2. The number of alkyl halides is 6. The fourth-order valence-corrected chi connectivity index (χ4v) is 4.00. The molecule has 0 aromatic carbocycles. The van der Waals surface area contributed by atoms with Gasteiger partial charge in [-0.05, 0) is 37.8 Å². The second-order valence-electron chi connectivity index (χ2n) is 10.9. The molecule has 280 valence electrons. The minimum atomic E-state index is -6.09. The van der Waals surface area contributed by atoms with Gasteiger partial charge in [0.1, 0.15) is 13.1 Å². The third kappa shape index (κ3) is 25.7. The lowest BCUT2D eigenvalue weighted by molar-refractivity contribution is -0.697. The Morgan fingerprint density at radius 3 is 1.06 bits per heavy atom. The summed E-state index contributed by atoms with van der Waals surface area (Å²) in [5, 5.41) is 0. The van der Waals surface area contributed by atoms with Crippen LogP contribution in [0, 0.1) is 0 Å². The minimum absolute atomic E-state index is 1.14. The lowest BCUT2D eigenvalue weighted by Crippen LogP contribution is -2.33. The number of pyridine rings is 2. The monoisotopic (exact) mass is 738 g/mol. The summed E-state index contributed by atoms with van der Waals surface area (Å²) >= 11 is 0. The van der Waals surface area contributed by atoms with Crippen LogP contribution in [0.15, 0.2) is 49.1 Å². The Bertz CT molecular complexity index is 1220. The van der Waals surface area contributed by atoms with E-state index >= 15 is 0 Å². The summed E-state index contributed by atoms with van der Waals surface area (Å²) in [7, 11) is -12.2. The first kappa shape index (κ1) is 47.8. The summed E-state index contributed by atoms with van der Waals surface area (Å²) in [4.78, 5) is 0. The van der Waals surface area contributed by atoms with Crippen LogP contribution in [0.2, 0.25) is 0 Å². The van der Waals surface area contributed by atoms with E-state index in [9.17, 15) is 26.3 Å². The van der Waals surface area contributed by atoms with Crippen molar-refractivity contribution < 1.29 is 61.4 Å². The highest BCUT2D eigenvalue weighted by molar-refractivity contribution is 7.86. The Kier molecular flexibility index (Phi) is 25.5. The summed E-state index contributed by atoms with van der Waals surface area (Å²) in [6, 6.07) is 8.74. The zero-order valence-electron chi connectivity index (χ0n) is 28.4. The van der Waals surface area contributed by atoms with Gasteiger partial charge >= 0.3 is 11.0 Å². The molecule has 0 saturated heterocycles. The van der Waals surface area contributed by atoms with Gasteiger partial charge in [-0.1, -0.05) is 79.1 Å². The van der Waals surface area contributed by atoms with Gasteiger partial charge in [-0.25, -0.2) is 26.0 Å². The van der Waals surface area contributed by atoms with E-state index in [-0.39, 0.29) is 0 Å². The van der Waals surface area contributed by atoms with Crippen LogP contribution in [0.25, 0.3) is 0 Å². The minimum Gasteiger partial charge on any atom is -0.741 e. The van der Waals surface area contributed by atoms with E-state index in [2.05, 4.69) is 85.9 Å². The molecule has 0 spiro atoms. The van der Waals surface area contributed by atoms with Crippen molar-refractivity contribution in [3.63, 3.8) is 0 Å². The Hall–Kier alpha value is -2.30. The molecule has 0 unspecified atom stereocenters. The number of hydrogen-bond donors (Lipinski definition) is 0. The highest BCUT2D eigenvalue weighted by Crippen LogP contribution is 2.21. The van der Waals surface area contributed by atoms with Crippen molar-refractivity contribution >= 4 is 20.2 Å². The van der Waals surface area contributed by atoms with Gasteiger partial charge in [0, 0.05) is 36.1 Å². The van der Waals surface area contributed by atoms with Crippen LogP contribution in [-0.4, -0.2) is 37.0 Å². The summed E-state index contributed by atoms with van der Waals surface area (Å²) in [5.74, 6) is 0. The molecule has 2 rings (SSSR count). The second-order valence-corrected chi connectivity index (χ2v) is 13.7. The molecular weight excluding hydrogens is 686 g/mol. The zero-order valence-corrected chi connectivity index (χ0v) is 30.0. The van der Waals surface area contributed by atoms with Gasteiger partial charge < -0.3 is 9.11 Å². The van der Waals surface area contributed by atoms with E-state index in [0.717, 1.165) is 12.8 Å². The first-order valence-corrected chi connectivity index (χ1v) is 19.0. The Balaban J connectivity index is 0. The quantitative estimate of drug-likeness (QED) is 0.0568. The maximum absolute atomic E-state index is 10.7. The van der Waals surface area contributed by atoms with Crippen molar-refractivity contribution in [3.8, 4) is 0 Å². The summed E-state index contributed by atoms with van der Waals surface area (Å²) < 4.78 is 122. The van der Waals surface area contributed by atoms with E-state index < -0.39 is 31.3 Å². The van der Waals surface area contributed by atoms with Gasteiger partial charge in [0.05, 0.1) is 0 Å². The lowest BCUT2D eigenvalue weighted by atomic mass is 10.1.